The number of imidazole rings is 1. The molecular formula is C24H22N6O3S2. The van der Waals surface area contributed by atoms with Gasteiger partial charge in [0.05, 0.1) is 16.3 Å². The Bertz CT molecular complexity index is 1590. The number of aryl methyl sites for hydroxylation is 1. The molecule has 3 aromatic heterocycles. The first-order valence-electron chi connectivity index (χ1n) is 10.8. The molecule has 35 heavy (non-hydrogen) atoms. The molecule has 0 bridgehead atoms. The number of fused-ring (bicyclic) bond motifs is 1. The lowest BCUT2D eigenvalue weighted by Crippen LogP contribution is -2.29. The van der Waals surface area contributed by atoms with Crippen molar-refractivity contribution in [2.45, 2.75) is 11.8 Å². The molecule has 0 saturated carbocycles. The Morgan fingerprint density at radius 3 is 2.69 bits per heavy atom. The molecule has 2 aromatic carbocycles. The zero-order valence-corrected chi connectivity index (χ0v) is 20.3. The standard InChI is InChI=1S/C24H22N6O3S2/c1-16-5-7-19(8-6-16)35(32,33)27-12-11-26-23-25-10-9-20(28-23)22-21(17-3-2-4-18(31)15-17)29-24-30(22)13-14-34-24/h2-10,13-15,27,31H,11-12H2,1H3,(H,25,26,28). The minimum absolute atomic E-state index is 0.155. The Morgan fingerprint density at radius 1 is 1.06 bits per heavy atom. The summed E-state index contributed by atoms with van der Waals surface area (Å²) in [6, 6.07) is 15.4. The molecule has 5 aromatic rings. The van der Waals surface area contributed by atoms with Gasteiger partial charge in [0.25, 0.3) is 0 Å². The lowest BCUT2D eigenvalue weighted by Gasteiger charge is -2.09. The van der Waals surface area contributed by atoms with Crippen LogP contribution in [0, 0.1) is 6.92 Å². The number of nitrogens with zero attached hydrogens (tertiary/aromatic N) is 4. The van der Waals surface area contributed by atoms with Gasteiger partial charge in [-0.1, -0.05) is 29.8 Å². The summed E-state index contributed by atoms with van der Waals surface area (Å²) >= 11 is 1.50. The Morgan fingerprint density at radius 2 is 1.89 bits per heavy atom. The first-order valence-corrected chi connectivity index (χ1v) is 13.2. The second kappa shape index (κ2) is 9.45. The van der Waals surface area contributed by atoms with Crippen LogP contribution < -0.4 is 10.0 Å². The minimum atomic E-state index is -3.59. The number of sulfonamides is 1. The van der Waals surface area contributed by atoms with E-state index in [1.165, 1.54) is 11.3 Å². The molecule has 178 valence electrons. The van der Waals surface area contributed by atoms with E-state index < -0.39 is 10.0 Å². The first kappa shape index (κ1) is 23.0. The molecule has 9 nitrogen and oxygen atoms in total. The Kier molecular flexibility index (Phi) is 6.20. The highest BCUT2D eigenvalue weighted by molar-refractivity contribution is 7.89. The maximum atomic E-state index is 12.5. The van der Waals surface area contributed by atoms with Gasteiger partial charge in [-0.3, -0.25) is 4.40 Å². The Hall–Kier alpha value is -3.80. The number of rotatable bonds is 8. The van der Waals surface area contributed by atoms with Gasteiger partial charge in [0.15, 0.2) is 4.96 Å². The van der Waals surface area contributed by atoms with Crippen LogP contribution in [-0.4, -0.2) is 46.0 Å². The predicted octanol–water partition coefficient (Wildman–Crippen LogP) is 3.92. The van der Waals surface area contributed by atoms with E-state index in [2.05, 4.69) is 20.0 Å². The fourth-order valence-corrected chi connectivity index (χ4v) is 5.37. The smallest absolute Gasteiger partial charge is 0.240 e. The van der Waals surface area contributed by atoms with E-state index in [4.69, 9.17) is 4.98 Å². The van der Waals surface area contributed by atoms with Crippen molar-refractivity contribution in [3.05, 3.63) is 77.9 Å². The molecule has 11 heteroatoms. The van der Waals surface area contributed by atoms with E-state index in [0.29, 0.717) is 23.9 Å². The number of hydrogen-bond donors (Lipinski definition) is 3. The average Bonchev–Trinajstić information content (AvgIpc) is 3.44. The van der Waals surface area contributed by atoms with Crippen molar-refractivity contribution in [1.82, 2.24) is 24.1 Å². The van der Waals surface area contributed by atoms with Gasteiger partial charge in [-0.05, 0) is 37.3 Å². The van der Waals surface area contributed by atoms with Crippen LogP contribution in [0.1, 0.15) is 5.56 Å². The fourth-order valence-electron chi connectivity index (χ4n) is 3.62. The van der Waals surface area contributed by atoms with Crippen LogP contribution in [0.2, 0.25) is 0 Å². The van der Waals surface area contributed by atoms with Gasteiger partial charge < -0.3 is 10.4 Å². The predicted molar refractivity (Wildman–Crippen MR) is 136 cm³/mol. The van der Waals surface area contributed by atoms with E-state index >= 15 is 0 Å². The molecule has 0 saturated heterocycles. The molecule has 5 rings (SSSR count). The molecule has 3 heterocycles. The van der Waals surface area contributed by atoms with E-state index in [1.807, 2.05) is 29.0 Å². The first-order chi connectivity index (χ1) is 16.9. The monoisotopic (exact) mass is 506 g/mol. The van der Waals surface area contributed by atoms with Crippen molar-refractivity contribution in [2.75, 3.05) is 18.4 Å². The SMILES string of the molecule is Cc1ccc(S(=O)(=O)NCCNc2nccc(-c3c(-c4cccc(O)c4)nc4sccn34)n2)cc1. The number of aromatic nitrogens is 4. The molecule has 0 radical (unpaired) electrons. The van der Waals surface area contributed by atoms with Gasteiger partial charge in [-0.15, -0.1) is 11.3 Å². The third-order valence-corrected chi connectivity index (χ3v) is 7.54. The molecule has 0 aliphatic heterocycles. The number of anilines is 1. The summed E-state index contributed by atoms with van der Waals surface area (Å²) in [7, 11) is -3.59. The lowest BCUT2D eigenvalue weighted by atomic mass is 10.1. The quantitative estimate of drug-likeness (QED) is 0.273. The molecule has 0 aliphatic carbocycles. The largest absolute Gasteiger partial charge is 0.508 e. The van der Waals surface area contributed by atoms with Crippen LogP contribution in [0.15, 0.2) is 77.3 Å². The Balaban J connectivity index is 1.34. The highest BCUT2D eigenvalue weighted by atomic mass is 32.2. The van der Waals surface area contributed by atoms with Crippen molar-refractivity contribution in [3.8, 4) is 28.4 Å². The lowest BCUT2D eigenvalue weighted by molar-refractivity contribution is 0.475. The highest BCUT2D eigenvalue weighted by Gasteiger charge is 2.19. The number of phenols is 1. The number of thiazole rings is 1. The zero-order chi connectivity index (χ0) is 24.4. The van der Waals surface area contributed by atoms with Gasteiger partial charge in [0.2, 0.25) is 16.0 Å². The van der Waals surface area contributed by atoms with Crippen LogP contribution in [0.3, 0.4) is 0 Å². The van der Waals surface area contributed by atoms with Crippen LogP contribution in [0.5, 0.6) is 5.75 Å². The van der Waals surface area contributed by atoms with E-state index in [0.717, 1.165) is 21.8 Å². The van der Waals surface area contributed by atoms with Crippen molar-refractivity contribution < 1.29 is 13.5 Å². The van der Waals surface area contributed by atoms with Crippen LogP contribution in [0.25, 0.3) is 27.6 Å². The van der Waals surface area contributed by atoms with Crippen LogP contribution in [0.4, 0.5) is 5.95 Å². The number of benzene rings is 2. The van der Waals surface area contributed by atoms with Gasteiger partial charge in [0.1, 0.15) is 11.4 Å². The minimum Gasteiger partial charge on any atom is -0.508 e. The van der Waals surface area contributed by atoms with Crippen LogP contribution in [-0.2, 0) is 10.0 Å². The number of phenolic OH excluding ortho intramolecular Hbond substituents is 1. The number of hydrogen-bond acceptors (Lipinski definition) is 8. The molecule has 0 spiro atoms. The molecule has 0 fully saturated rings. The van der Waals surface area contributed by atoms with Crippen molar-refractivity contribution in [1.29, 1.82) is 0 Å². The summed E-state index contributed by atoms with van der Waals surface area (Å²) in [6.07, 6.45) is 3.56. The summed E-state index contributed by atoms with van der Waals surface area (Å²) in [5.74, 6) is 0.520. The summed E-state index contributed by atoms with van der Waals surface area (Å²) in [5.41, 5.74) is 3.88. The van der Waals surface area contributed by atoms with Crippen molar-refractivity contribution in [3.63, 3.8) is 0 Å². The van der Waals surface area contributed by atoms with Gasteiger partial charge in [0, 0.05) is 36.4 Å². The molecule has 0 atom stereocenters. The normalized spacial score (nSPS) is 11.7. The zero-order valence-electron chi connectivity index (χ0n) is 18.7. The summed E-state index contributed by atoms with van der Waals surface area (Å²) in [5, 5.41) is 15.0. The molecule has 0 amide bonds. The third kappa shape index (κ3) is 4.87. The summed E-state index contributed by atoms with van der Waals surface area (Å²) in [6.45, 7) is 2.37. The van der Waals surface area contributed by atoms with Crippen LogP contribution >= 0.6 is 11.3 Å². The summed E-state index contributed by atoms with van der Waals surface area (Å²) < 4.78 is 29.5. The van der Waals surface area contributed by atoms with Crippen molar-refractivity contribution in [2.24, 2.45) is 0 Å². The molecule has 0 unspecified atom stereocenters. The summed E-state index contributed by atoms with van der Waals surface area (Å²) in [4.78, 5) is 14.7. The fraction of sp³-hybridized carbons (Fsp3) is 0.125. The molecule has 3 N–H and O–H groups in total. The van der Waals surface area contributed by atoms with E-state index in [-0.39, 0.29) is 17.2 Å². The number of aromatic hydroxyl groups is 1. The molecular weight excluding hydrogens is 484 g/mol. The van der Waals surface area contributed by atoms with Crippen molar-refractivity contribution >= 4 is 32.3 Å². The van der Waals surface area contributed by atoms with E-state index in [9.17, 15) is 13.5 Å². The second-order valence-corrected chi connectivity index (χ2v) is 10.5. The maximum Gasteiger partial charge on any atom is 0.240 e. The highest BCUT2D eigenvalue weighted by Crippen LogP contribution is 2.34. The second-order valence-electron chi connectivity index (χ2n) is 7.82. The van der Waals surface area contributed by atoms with Gasteiger partial charge in [-0.2, -0.15) is 0 Å². The van der Waals surface area contributed by atoms with Gasteiger partial charge >= 0.3 is 0 Å². The van der Waals surface area contributed by atoms with Gasteiger partial charge in [-0.25, -0.2) is 28.1 Å². The maximum absolute atomic E-state index is 12.5. The number of nitrogens with one attached hydrogen (secondary N) is 2. The third-order valence-electron chi connectivity index (χ3n) is 5.31. The topological polar surface area (TPSA) is 122 Å². The van der Waals surface area contributed by atoms with E-state index in [1.54, 1.807) is 54.7 Å². The Labute approximate surface area is 206 Å². The average molecular weight is 507 g/mol. The molecule has 0 aliphatic rings.